The van der Waals surface area contributed by atoms with Gasteiger partial charge in [-0.25, -0.2) is 9.37 Å². The second kappa shape index (κ2) is 6.60. The van der Waals surface area contributed by atoms with E-state index in [-0.39, 0.29) is 11.6 Å². The maximum absolute atomic E-state index is 13.3. The Labute approximate surface area is 133 Å². The lowest BCUT2D eigenvalue weighted by molar-refractivity contribution is 0.0375. The smallest absolute Gasteiger partial charge is 0.145 e. The number of hydrogen-bond acceptors (Lipinski definition) is 4. The van der Waals surface area contributed by atoms with Crippen LogP contribution in [0.2, 0.25) is 5.02 Å². The van der Waals surface area contributed by atoms with Crippen LogP contribution in [-0.2, 0) is 5.60 Å². The van der Waals surface area contributed by atoms with Crippen molar-refractivity contribution in [2.24, 2.45) is 5.73 Å². The van der Waals surface area contributed by atoms with Gasteiger partial charge >= 0.3 is 0 Å². The number of pyridine rings is 1. The third kappa shape index (κ3) is 3.06. The summed E-state index contributed by atoms with van der Waals surface area (Å²) in [4.78, 5) is 4.46. The van der Waals surface area contributed by atoms with Gasteiger partial charge in [-0.3, -0.25) is 0 Å². The third-order valence-corrected chi connectivity index (χ3v) is 3.96. The van der Waals surface area contributed by atoms with Crippen LogP contribution in [0.4, 0.5) is 4.39 Å². The number of methoxy groups -OCH3 is 1. The SMILES string of the molecule is CCC(O)(CN)c1ccc(OC)c(-c2ccc(F)c(Cl)c2)n1. The van der Waals surface area contributed by atoms with Gasteiger partial charge in [-0.05, 0) is 36.8 Å². The average molecular weight is 325 g/mol. The largest absolute Gasteiger partial charge is 0.494 e. The quantitative estimate of drug-likeness (QED) is 0.886. The van der Waals surface area contributed by atoms with Crippen molar-refractivity contribution in [2.45, 2.75) is 18.9 Å². The molecule has 1 atom stereocenters. The van der Waals surface area contributed by atoms with E-state index in [4.69, 9.17) is 22.1 Å². The van der Waals surface area contributed by atoms with E-state index in [1.807, 2.05) is 6.92 Å². The Morgan fingerprint density at radius 2 is 2.09 bits per heavy atom. The molecule has 0 amide bonds. The van der Waals surface area contributed by atoms with Gasteiger partial charge in [0.1, 0.15) is 22.9 Å². The summed E-state index contributed by atoms with van der Waals surface area (Å²) in [6, 6.07) is 7.66. The molecular formula is C16H18ClFN2O2. The van der Waals surface area contributed by atoms with E-state index >= 15 is 0 Å². The molecule has 118 valence electrons. The molecule has 1 aromatic carbocycles. The van der Waals surface area contributed by atoms with Gasteiger partial charge < -0.3 is 15.6 Å². The van der Waals surface area contributed by atoms with Crippen molar-refractivity contribution in [1.82, 2.24) is 4.98 Å². The van der Waals surface area contributed by atoms with Gasteiger partial charge in [-0.1, -0.05) is 18.5 Å². The Hall–Kier alpha value is -1.69. The van der Waals surface area contributed by atoms with Crippen LogP contribution in [0.5, 0.6) is 5.75 Å². The first-order valence-corrected chi connectivity index (χ1v) is 7.26. The number of aromatic nitrogens is 1. The first kappa shape index (κ1) is 16.7. The molecule has 1 aromatic heterocycles. The monoisotopic (exact) mass is 324 g/mol. The van der Waals surface area contributed by atoms with Crippen LogP contribution in [0, 0.1) is 5.82 Å². The molecule has 2 rings (SSSR count). The molecule has 1 unspecified atom stereocenters. The van der Waals surface area contributed by atoms with Crippen LogP contribution < -0.4 is 10.5 Å². The van der Waals surface area contributed by atoms with E-state index in [1.165, 1.54) is 19.2 Å². The molecule has 2 aromatic rings. The van der Waals surface area contributed by atoms with Crippen LogP contribution >= 0.6 is 11.6 Å². The molecule has 3 N–H and O–H groups in total. The summed E-state index contributed by atoms with van der Waals surface area (Å²) in [5, 5.41) is 10.5. The van der Waals surface area contributed by atoms with Gasteiger partial charge in [0.05, 0.1) is 17.8 Å². The number of nitrogens with zero attached hydrogens (tertiary/aromatic N) is 1. The van der Waals surface area contributed by atoms with Crippen molar-refractivity contribution in [2.75, 3.05) is 13.7 Å². The molecule has 6 heteroatoms. The van der Waals surface area contributed by atoms with Crippen LogP contribution in [0.3, 0.4) is 0 Å². The number of aliphatic hydroxyl groups is 1. The Bertz CT molecular complexity index is 675. The van der Waals surface area contributed by atoms with Gasteiger partial charge in [0.25, 0.3) is 0 Å². The third-order valence-electron chi connectivity index (χ3n) is 3.67. The summed E-state index contributed by atoms with van der Waals surface area (Å²) >= 11 is 5.83. The molecule has 0 aliphatic heterocycles. The number of rotatable bonds is 5. The molecular weight excluding hydrogens is 307 g/mol. The summed E-state index contributed by atoms with van der Waals surface area (Å²) in [5.41, 5.74) is 5.95. The van der Waals surface area contributed by atoms with E-state index in [2.05, 4.69) is 4.98 Å². The minimum atomic E-state index is -1.22. The number of halogens is 2. The number of hydrogen-bond donors (Lipinski definition) is 2. The molecule has 22 heavy (non-hydrogen) atoms. The van der Waals surface area contributed by atoms with Crippen molar-refractivity contribution >= 4 is 11.6 Å². The van der Waals surface area contributed by atoms with E-state index in [9.17, 15) is 9.50 Å². The lowest BCUT2D eigenvalue weighted by Gasteiger charge is -2.25. The zero-order valence-electron chi connectivity index (χ0n) is 12.4. The van der Waals surface area contributed by atoms with E-state index in [0.717, 1.165) is 0 Å². The highest BCUT2D eigenvalue weighted by Crippen LogP contribution is 2.33. The van der Waals surface area contributed by atoms with Gasteiger partial charge in [-0.2, -0.15) is 0 Å². The molecule has 0 aliphatic rings. The summed E-state index contributed by atoms with van der Waals surface area (Å²) in [5.74, 6) is -0.00513. The standard InChI is InChI=1S/C16H18ClFN2O2/c1-3-16(21,9-19)14-7-6-13(22-2)15(20-14)10-4-5-12(18)11(17)8-10/h4-8,21H,3,9,19H2,1-2H3. The Morgan fingerprint density at radius 1 is 1.36 bits per heavy atom. The first-order chi connectivity index (χ1) is 10.4. The minimum absolute atomic E-state index is 0.00339. The zero-order chi connectivity index (χ0) is 16.3. The summed E-state index contributed by atoms with van der Waals surface area (Å²) in [6.45, 7) is 1.87. The van der Waals surface area contributed by atoms with Crippen molar-refractivity contribution in [1.29, 1.82) is 0 Å². The van der Waals surface area contributed by atoms with Gasteiger partial charge in [-0.15, -0.1) is 0 Å². The molecule has 0 fully saturated rings. The molecule has 0 saturated carbocycles. The molecule has 0 bridgehead atoms. The Kier molecular flexibility index (Phi) is 5.01. The van der Waals surface area contributed by atoms with Crippen LogP contribution in [-0.4, -0.2) is 23.7 Å². The van der Waals surface area contributed by atoms with Crippen molar-refractivity contribution in [3.63, 3.8) is 0 Å². The fourth-order valence-electron chi connectivity index (χ4n) is 2.15. The van der Waals surface area contributed by atoms with Crippen LogP contribution in [0.1, 0.15) is 19.0 Å². The lowest BCUT2D eigenvalue weighted by Crippen LogP contribution is -2.35. The van der Waals surface area contributed by atoms with Gasteiger partial charge in [0, 0.05) is 12.1 Å². The fourth-order valence-corrected chi connectivity index (χ4v) is 2.33. The summed E-state index contributed by atoms with van der Waals surface area (Å²) in [7, 11) is 1.51. The first-order valence-electron chi connectivity index (χ1n) is 6.88. The highest BCUT2D eigenvalue weighted by atomic mass is 35.5. The van der Waals surface area contributed by atoms with E-state index in [0.29, 0.717) is 29.1 Å². The van der Waals surface area contributed by atoms with E-state index < -0.39 is 11.4 Å². The molecule has 0 spiro atoms. The highest BCUT2D eigenvalue weighted by molar-refractivity contribution is 6.31. The fraction of sp³-hybridized carbons (Fsp3) is 0.312. The molecule has 0 radical (unpaired) electrons. The topological polar surface area (TPSA) is 68.4 Å². The average Bonchev–Trinajstić information content (AvgIpc) is 2.56. The van der Waals surface area contributed by atoms with Gasteiger partial charge in [0.15, 0.2) is 0 Å². The molecule has 0 aliphatic carbocycles. The highest BCUT2D eigenvalue weighted by Gasteiger charge is 2.28. The van der Waals surface area contributed by atoms with Gasteiger partial charge in [0.2, 0.25) is 0 Å². The van der Waals surface area contributed by atoms with E-state index in [1.54, 1.807) is 18.2 Å². The maximum atomic E-state index is 13.3. The maximum Gasteiger partial charge on any atom is 0.145 e. The number of benzene rings is 1. The second-order valence-electron chi connectivity index (χ2n) is 4.97. The summed E-state index contributed by atoms with van der Waals surface area (Å²) < 4.78 is 18.6. The molecule has 4 nitrogen and oxygen atoms in total. The van der Waals surface area contributed by atoms with Crippen molar-refractivity contribution in [3.05, 3.63) is 46.9 Å². The minimum Gasteiger partial charge on any atom is -0.494 e. The summed E-state index contributed by atoms with van der Waals surface area (Å²) in [6.07, 6.45) is 0.423. The zero-order valence-corrected chi connectivity index (χ0v) is 13.2. The lowest BCUT2D eigenvalue weighted by atomic mass is 9.95. The van der Waals surface area contributed by atoms with Crippen LogP contribution in [0.25, 0.3) is 11.3 Å². The van der Waals surface area contributed by atoms with Crippen LogP contribution in [0.15, 0.2) is 30.3 Å². The van der Waals surface area contributed by atoms with Crippen molar-refractivity contribution in [3.8, 4) is 17.0 Å². The Morgan fingerprint density at radius 3 is 2.64 bits per heavy atom. The predicted octanol–water partition coefficient (Wildman–Crippen LogP) is 3.11. The number of ether oxygens (including phenoxy) is 1. The normalized spacial score (nSPS) is 13.7. The predicted molar refractivity (Wildman–Crippen MR) is 84.4 cm³/mol. The number of nitrogens with two attached hydrogens (primary N) is 1. The molecule has 1 heterocycles. The Balaban J connectivity index is 2.60. The molecule has 0 saturated heterocycles. The van der Waals surface area contributed by atoms with Crippen molar-refractivity contribution < 1.29 is 14.2 Å². The second-order valence-corrected chi connectivity index (χ2v) is 5.37.